The summed E-state index contributed by atoms with van der Waals surface area (Å²) in [5.74, 6) is 0.784. The molecule has 1 aromatic carbocycles. The highest BCUT2D eigenvalue weighted by Crippen LogP contribution is 2.39. The fourth-order valence-corrected chi connectivity index (χ4v) is 3.21. The van der Waals surface area contributed by atoms with Gasteiger partial charge in [0.05, 0.1) is 12.0 Å². The Balaban J connectivity index is 1.69. The van der Waals surface area contributed by atoms with Crippen LogP contribution in [0.4, 0.5) is 4.79 Å². The largest absolute Gasteiger partial charge is 0.486 e. The van der Waals surface area contributed by atoms with E-state index in [0.29, 0.717) is 43.7 Å². The number of likely N-dealkylation sites (tertiary alicyclic amines) is 1. The van der Waals surface area contributed by atoms with E-state index in [-0.39, 0.29) is 18.5 Å². The molecule has 1 spiro atoms. The number of rotatable bonds is 2. The van der Waals surface area contributed by atoms with E-state index in [9.17, 15) is 9.59 Å². The Kier molecular flexibility index (Phi) is 4.11. The van der Waals surface area contributed by atoms with Crippen molar-refractivity contribution in [1.29, 1.82) is 0 Å². The van der Waals surface area contributed by atoms with Crippen molar-refractivity contribution in [2.45, 2.75) is 31.8 Å². The molecular formula is C18H21NO4. The molecule has 5 heteroatoms. The van der Waals surface area contributed by atoms with Crippen LogP contribution in [0.3, 0.4) is 0 Å². The van der Waals surface area contributed by atoms with Crippen LogP contribution in [-0.2, 0) is 4.74 Å². The Labute approximate surface area is 135 Å². The molecule has 1 aromatic rings. The maximum atomic E-state index is 12.5. The van der Waals surface area contributed by atoms with Gasteiger partial charge in [-0.3, -0.25) is 4.79 Å². The first-order valence-electron chi connectivity index (χ1n) is 7.88. The lowest BCUT2D eigenvalue weighted by atomic mass is 9.82. The van der Waals surface area contributed by atoms with Crippen LogP contribution in [0.2, 0.25) is 0 Å². The third-order valence-corrected chi connectivity index (χ3v) is 4.50. The fourth-order valence-electron chi connectivity index (χ4n) is 3.21. The minimum atomic E-state index is -0.492. The Hall–Kier alpha value is -2.30. The predicted octanol–water partition coefficient (Wildman–Crippen LogP) is 3.12. The summed E-state index contributed by atoms with van der Waals surface area (Å²) in [5.41, 5.74) is 1.23. The second-order valence-electron chi connectivity index (χ2n) is 6.24. The number of aryl methyl sites for hydroxylation is 1. The molecule has 1 saturated heterocycles. The summed E-state index contributed by atoms with van der Waals surface area (Å²) >= 11 is 0. The van der Waals surface area contributed by atoms with E-state index in [4.69, 9.17) is 9.47 Å². The van der Waals surface area contributed by atoms with Gasteiger partial charge in [0.1, 0.15) is 18.0 Å². The number of piperidine rings is 1. The number of carbonyl (C=O) groups excluding carboxylic acids is 2. The quantitative estimate of drug-likeness (QED) is 0.787. The van der Waals surface area contributed by atoms with Crippen molar-refractivity contribution in [3.05, 3.63) is 42.0 Å². The molecule has 5 nitrogen and oxygen atoms in total. The lowest BCUT2D eigenvalue weighted by Gasteiger charge is -2.43. The van der Waals surface area contributed by atoms with Crippen LogP contribution in [0.5, 0.6) is 5.75 Å². The van der Waals surface area contributed by atoms with Gasteiger partial charge in [-0.1, -0.05) is 24.3 Å². The Morgan fingerprint density at radius 3 is 2.87 bits per heavy atom. The van der Waals surface area contributed by atoms with Crippen LogP contribution < -0.4 is 4.74 Å². The van der Waals surface area contributed by atoms with Gasteiger partial charge in [0.2, 0.25) is 0 Å². The van der Waals surface area contributed by atoms with Gasteiger partial charge in [-0.15, -0.1) is 0 Å². The topological polar surface area (TPSA) is 55.8 Å². The first-order valence-corrected chi connectivity index (χ1v) is 7.88. The number of ketones is 1. The molecule has 0 atom stereocenters. The number of ether oxygens (including phenoxy) is 2. The van der Waals surface area contributed by atoms with Gasteiger partial charge in [0.25, 0.3) is 0 Å². The summed E-state index contributed by atoms with van der Waals surface area (Å²) in [6.45, 7) is 6.77. The van der Waals surface area contributed by atoms with Crippen LogP contribution >= 0.6 is 0 Å². The molecule has 0 radical (unpaired) electrons. The second-order valence-corrected chi connectivity index (χ2v) is 6.24. The number of carbonyl (C=O) groups is 2. The third-order valence-electron chi connectivity index (χ3n) is 4.50. The summed E-state index contributed by atoms with van der Waals surface area (Å²) in [6, 6.07) is 5.70. The summed E-state index contributed by atoms with van der Waals surface area (Å²) < 4.78 is 11.2. The summed E-state index contributed by atoms with van der Waals surface area (Å²) in [7, 11) is 0. The molecule has 2 aliphatic rings. The Morgan fingerprint density at radius 2 is 2.17 bits per heavy atom. The van der Waals surface area contributed by atoms with Crippen LogP contribution in [0.25, 0.3) is 0 Å². The van der Waals surface area contributed by atoms with Crippen molar-refractivity contribution < 1.29 is 19.1 Å². The highest BCUT2D eigenvalue weighted by atomic mass is 16.6. The zero-order valence-corrected chi connectivity index (χ0v) is 13.3. The molecule has 0 unspecified atom stereocenters. The van der Waals surface area contributed by atoms with Crippen molar-refractivity contribution in [3.8, 4) is 5.75 Å². The summed E-state index contributed by atoms with van der Waals surface area (Å²) in [6.07, 6.45) is 2.85. The van der Waals surface area contributed by atoms with E-state index in [1.807, 2.05) is 25.1 Å². The molecule has 1 fully saturated rings. The van der Waals surface area contributed by atoms with E-state index in [1.165, 1.54) is 0 Å². The number of benzene rings is 1. The molecular weight excluding hydrogens is 294 g/mol. The minimum Gasteiger partial charge on any atom is -0.486 e. The van der Waals surface area contributed by atoms with Crippen molar-refractivity contribution in [2.75, 3.05) is 19.7 Å². The molecule has 1 amide bonds. The van der Waals surface area contributed by atoms with E-state index in [2.05, 4.69) is 6.58 Å². The molecule has 122 valence electrons. The zero-order chi connectivity index (χ0) is 16.4. The van der Waals surface area contributed by atoms with Crippen molar-refractivity contribution in [1.82, 2.24) is 4.90 Å². The molecule has 0 aliphatic carbocycles. The SMILES string of the molecule is C=CCOC(=O)N1CCC2(CC1)CC(=O)c1cc(C)ccc1O2. The standard InChI is InChI=1S/C18H21NO4/c1-3-10-22-17(21)19-8-6-18(7-9-19)12-15(20)14-11-13(2)4-5-16(14)23-18/h3-5,11H,1,6-10,12H2,2H3. The average molecular weight is 315 g/mol. The van der Waals surface area contributed by atoms with Crippen LogP contribution in [0, 0.1) is 6.92 Å². The number of nitrogens with zero attached hydrogens (tertiary/aromatic N) is 1. The number of amides is 1. The molecule has 0 aromatic heterocycles. The van der Waals surface area contributed by atoms with E-state index < -0.39 is 5.60 Å². The van der Waals surface area contributed by atoms with Crippen LogP contribution in [-0.4, -0.2) is 42.1 Å². The first kappa shape index (κ1) is 15.6. The van der Waals surface area contributed by atoms with E-state index >= 15 is 0 Å². The van der Waals surface area contributed by atoms with Gasteiger partial charge in [-0.25, -0.2) is 4.79 Å². The van der Waals surface area contributed by atoms with Gasteiger partial charge in [0, 0.05) is 25.9 Å². The highest BCUT2D eigenvalue weighted by molar-refractivity contribution is 6.00. The number of Topliss-reactive ketones (excluding diaryl/α,β-unsaturated/α-hetero) is 1. The molecule has 0 saturated carbocycles. The van der Waals surface area contributed by atoms with E-state index in [0.717, 1.165) is 5.56 Å². The van der Waals surface area contributed by atoms with Gasteiger partial charge >= 0.3 is 6.09 Å². The lowest BCUT2D eigenvalue weighted by molar-refractivity contribution is -0.00812. The molecule has 23 heavy (non-hydrogen) atoms. The van der Waals surface area contributed by atoms with Gasteiger partial charge < -0.3 is 14.4 Å². The summed E-state index contributed by atoms with van der Waals surface area (Å²) in [4.78, 5) is 26.0. The number of fused-ring (bicyclic) bond motifs is 1. The highest BCUT2D eigenvalue weighted by Gasteiger charge is 2.43. The fraction of sp³-hybridized carbons (Fsp3) is 0.444. The van der Waals surface area contributed by atoms with Gasteiger partial charge in [-0.2, -0.15) is 0 Å². The second kappa shape index (κ2) is 6.07. The first-order chi connectivity index (χ1) is 11.0. The Morgan fingerprint density at radius 1 is 1.43 bits per heavy atom. The smallest absolute Gasteiger partial charge is 0.410 e. The average Bonchev–Trinajstić information content (AvgIpc) is 2.54. The molecule has 3 rings (SSSR count). The van der Waals surface area contributed by atoms with Gasteiger partial charge in [-0.05, 0) is 19.1 Å². The molecule has 0 bridgehead atoms. The van der Waals surface area contributed by atoms with Crippen molar-refractivity contribution >= 4 is 11.9 Å². The van der Waals surface area contributed by atoms with Crippen LogP contribution in [0.1, 0.15) is 35.2 Å². The molecule has 2 heterocycles. The van der Waals surface area contributed by atoms with Crippen molar-refractivity contribution in [3.63, 3.8) is 0 Å². The number of hydrogen-bond acceptors (Lipinski definition) is 4. The monoisotopic (exact) mass is 315 g/mol. The van der Waals surface area contributed by atoms with Gasteiger partial charge in [0.15, 0.2) is 5.78 Å². The maximum Gasteiger partial charge on any atom is 0.410 e. The predicted molar refractivity (Wildman–Crippen MR) is 85.8 cm³/mol. The zero-order valence-electron chi connectivity index (χ0n) is 13.3. The van der Waals surface area contributed by atoms with E-state index in [1.54, 1.807) is 11.0 Å². The molecule has 0 N–H and O–H groups in total. The minimum absolute atomic E-state index is 0.123. The Bertz CT molecular complexity index is 644. The van der Waals surface area contributed by atoms with Crippen LogP contribution in [0.15, 0.2) is 30.9 Å². The normalized spacial score (nSPS) is 19.0. The lowest BCUT2D eigenvalue weighted by Crippen LogP contribution is -2.52. The maximum absolute atomic E-state index is 12.5. The third kappa shape index (κ3) is 3.09. The van der Waals surface area contributed by atoms with Crippen molar-refractivity contribution in [2.24, 2.45) is 0 Å². The summed E-state index contributed by atoms with van der Waals surface area (Å²) in [5, 5.41) is 0. The molecule has 2 aliphatic heterocycles. The number of hydrogen-bond donors (Lipinski definition) is 0.